The molecule has 1 N–H and O–H groups in total. The lowest BCUT2D eigenvalue weighted by Gasteiger charge is -2.23. The molecule has 25 heavy (non-hydrogen) atoms. The number of carbonyl (C=O) groups is 1. The number of halogens is 1. The number of para-hydroxylation sites is 2. The first-order valence-corrected chi connectivity index (χ1v) is 7.86. The topological polar surface area (TPSA) is 86.5 Å². The molecule has 1 aliphatic rings. The Balaban J connectivity index is 1.48. The van der Waals surface area contributed by atoms with Gasteiger partial charge in [-0.25, -0.2) is 0 Å². The third-order valence-electron chi connectivity index (χ3n) is 3.56. The van der Waals surface area contributed by atoms with Gasteiger partial charge in [-0.3, -0.25) is 10.1 Å². The Morgan fingerprint density at radius 2 is 1.84 bits per heavy atom. The van der Waals surface area contributed by atoms with Gasteiger partial charge in [0, 0.05) is 0 Å². The third-order valence-corrected chi connectivity index (χ3v) is 3.89. The zero-order valence-corrected chi connectivity index (χ0v) is 13.6. The van der Waals surface area contributed by atoms with Gasteiger partial charge in [-0.05, 0) is 24.3 Å². The number of hydrogen-bond donors (Lipinski definition) is 1. The van der Waals surface area contributed by atoms with Crippen LogP contribution in [0.25, 0.3) is 0 Å². The van der Waals surface area contributed by atoms with Crippen molar-refractivity contribution in [3.05, 3.63) is 65.0 Å². The van der Waals surface area contributed by atoms with E-state index in [1.54, 1.807) is 30.3 Å². The van der Waals surface area contributed by atoms with Gasteiger partial charge < -0.3 is 13.9 Å². The van der Waals surface area contributed by atoms with E-state index in [0.29, 0.717) is 22.1 Å². The molecule has 1 aliphatic heterocycles. The van der Waals surface area contributed by atoms with Crippen molar-refractivity contribution in [1.29, 1.82) is 0 Å². The van der Waals surface area contributed by atoms with Gasteiger partial charge >= 0.3 is 6.01 Å². The van der Waals surface area contributed by atoms with E-state index in [2.05, 4.69) is 15.5 Å². The van der Waals surface area contributed by atoms with Crippen LogP contribution in [-0.2, 0) is 0 Å². The van der Waals surface area contributed by atoms with Crippen LogP contribution in [0, 0.1) is 0 Å². The lowest BCUT2D eigenvalue weighted by atomic mass is 10.2. The number of nitrogens with zero attached hydrogens (tertiary/aromatic N) is 2. The number of ether oxygens (including phenoxy) is 2. The summed E-state index contributed by atoms with van der Waals surface area (Å²) in [6.45, 7) is 0.233. The summed E-state index contributed by atoms with van der Waals surface area (Å²) in [6, 6.07) is 13.9. The zero-order chi connectivity index (χ0) is 17.2. The molecule has 0 saturated carbocycles. The second-order valence-corrected chi connectivity index (χ2v) is 5.65. The van der Waals surface area contributed by atoms with Gasteiger partial charge in [-0.1, -0.05) is 41.0 Å². The van der Waals surface area contributed by atoms with Gasteiger partial charge in [0.2, 0.25) is 6.10 Å². The summed E-state index contributed by atoms with van der Waals surface area (Å²) < 4.78 is 16.9. The predicted molar refractivity (Wildman–Crippen MR) is 89.0 cm³/mol. The summed E-state index contributed by atoms with van der Waals surface area (Å²) in [6.07, 6.45) is -0.548. The van der Waals surface area contributed by atoms with E-state index in [0.717, 1.165) is 0 Å². The second-order valence-electron chi connectivity index (χ2n) is 5.24. The number of rotatable bonds is 3. The van der Waals surface area contributed by atoms with Crippen LogP contribution in [0.2, 0.25) is 5.02 Å². The highest BCUT2D eigenvalue weighted by Crippen LogP contribution is 2.35. The highest BCUT2D eigenvalue weighted by molar-refractivity contribution is 6.34. The first-order valence-electron chi connectivity index (χ1n) is 7.48. The number of hydrogen-bond acceptors (Lipinski definition) is 6. The molecule has 0 fully saturated rings. The van der Waals surface area contributed by atoms with Crippen LogP contribution >= 0.6 is 11.6 Å². The van der Waals surface area contributed by atoms with E-state index in [9.17, 15) is 4.79 Å². The van der Waals surface area contributed by atoms with Crippen LogP contribution in [0.15, 0.2) is 52.9 Å². The van der Waals surface area contributed by atoms with Gasteiger partial charge in [0.15, 0.2) is 11.5 Å². The lowest BCUT2D eigenvalue weighted by molar-refractivity contribution is 0.0716. The predicted octanol–water partition coefficient (Wildman–Crippen LogP) is 3.49. The average molecular weight is 358 g/mol. The van der Waals surface area contributed by atoms with Crippen LogP contribution in [0.4, 0.5) is 6.01 Å². The van der Waals surface area contributed by atoms with Crippen molar-refractivity contribution in [1.82, 2.24) is 10.2 Å². The number of fused-ring (bicyclic) bond motifs is 1. The van der Waals surface area contributed by atoms with E-state index in [-0.39, 0.29) is 18.5 Å². The minimum atomic E-state index is -0.548. The van der Waals surface area contributed by atoms with E-state index in [1.807, 2.05) is 18.2 Å². The Kier molecular flexibility index (Phi) is 3.99. The molecule has 126 valence electrons. The first kappa shape index (κ1) is 15.5. The fourth-order valence-electron chi connectivity index (χ4n) is 2.37. The molecule has 0 spiro atoms. The van der Waals surface area contributed by atoms with Gasteiger partial charge in [-0.15, -0.1) is 5.10 Å². The summed E-state index contributed by atoms with van der Waals surface area (Å²) in [4.78, 5) is 12.2. The van der Waals surface area contributed by atoms with Crippen LogP contribution < -0.4 is 14.8 Å². The number of anilines is 1. The first-order chi connectivity index (χ1) is 12.2. The van der Waals surface area contributed by atoms with Crippen molar-refractivity contribution in [3.8, 4) is 11.5 Å². The summed E-state index contributed by atoms with van der Waals surface area (Å²) in [5.74, 6) is 1.03. The fourth-order valence-corrected chi connectivity index (χ4v) is 2.59. The van der Waals surface area contributed by atoms with Gasteiger partial charge in [0.05, 0.1) is 10.6 Å². The summed E-state index contributed by atoms with van der Waals surface area (Å²) >= 11 is 6.00. The van der Waals surface area contributed by atoms with Crippen molar-refractivity contribution >= 4 is 23.5 Å². The van der Waals surface area contributed by atoms with Gasteiger partial charge in [0.1, 0.15) is 6.61 Å². The zero-order valence-electron chi connectivity index (χ0n) is 12.8. The maximum atomic E-state index is 12.2. The third kappa shape index (κ3) is 3.14. The Hall–Kier alpha value is -3.06. The Morgan fingerprint density at radius 1 is 1.08 bits per heavy atom. The van der Waals surface area contributed by atoms with Crippen molar-refractivity contribution in [2.24, 2.45) is 0 Å². The molecule has 1 aromatic heterocycles. The molecular formula is C17H12ClN3O4. The molecule has 2 heterocycles. The van der Waals surface area contributed by atoms with Gasteiger partial charge in [0.25, 0.3) is 11.8 Å². The molecule has 3 aromatic rings. The standard InChI is InChI=1S/C17H12ClN3O4/c18-11-6-2-1-5-10(11)15(22)19-17-21-20-16(25-17)14-9-23-12-7-3-4-8-13(12)24-14/h1-8,14H,9H2,(H,19,21,22)/t14-/m0/s1. The molecule has 8 heteroatoms. The highest BCUT2D eigenvalue weighted by atomic mass is 35.5. The molecule has 1 amide bonds. The summed E-state index contributed by atoms with van der Waals surface area (Å²) in [7, 11) is 0. The number of benzene rings is 2. The fraction of sp³-hybridized carbons (Fsp3) is 0.118. The lowest BCUT2D eigenvalue weighted by Crippen LogP contribution is -2.21. The number of carbonyl (C=O) groups excluding carboxylic acids is 1. The van der Waals surface area contributed by atoms with Crippen LogP contribution in [0.3, 0.4) is 0 Å². The molecule has 2 aromatic carbocycles. The molecule has 0 radical (unpaired) electrons. The number of amides is 1. The van der Waals surface area contributed by atoms with Crippen molar-refractivity contribution in [2.75, 3.05) is 11.9 Å². The SMILES string of the molecule is O=C(Nc1nnc([C@@H]2COc3ccccc3O2)o1)c1ccccc1Cl. The van der Waals surface area contributed by atoms with Crippen molar-refractivity contribution < 1.29 is 18.7 Å². The molecule has 4 rings (SSSR count). The second kappa shape index (κ2) is 6.45. The molecule has 0 unspecified atom stereocenters. The Labute approximate surface area is 147 Å². The van der Waals surface area contributed by atoms with E-state index in [4.69, 9.17) is 25.5 Å². The summed E-state index contributed by atoms with van der Waals surface area (Å²) in [5.41, 5.74) is 0.315. The largest absolute Gasteiger partial charge is 0.485 e. The smallest absolute Gasteiger partial charge is 0.322 e. The van der Waals surface area contributed by atoms with Crippen LogP contribution in [0.5, 0.6) is 11.5 Å². The Bertz CT molecular complexity index is 928. The van der Waals surface area contributed by atoms with Crippen LogP contribution in [-0.4, -0.2) is 22.7 Å². The maximum absolute atomic E-state index is 12.2. The van der Waals surface area contributed by atoms with Crippen molar-refractivity contribution in [2.45, 2.75) is 6.10 Å². The monoisotopic (exact) mass is 357 g/mol. The maximum Gasteiger partial charge on any atom is 0.322 e. The highest BCUT2D eigenvalue weighted by Gasteiger charge is 2.27. The van der Waals surface area contributed by atoms with E-state index >= 15 is 0 Å². The van der Waals surface area contributed by atoms with Gasteiger partial charge in [-0.2, -0.15) is 0 Å². The number of nitrogens with one attached hydrogen (secondary N) is 1. The van der Waals surface area contributed by atoms with Crippen LogP contribution in [0.1, 0.15) is 22.4 Å². The quantitative estimate of drug-likeness (QED) is 0.772. The molecular weight excluding hydrogens is 346 g/mol. The molecule has 7 nitrogen and oxygen atoms in total. The minimum absolute atomic E-state index is 0.0395. The summed E-state index contributed by atoms with van der Waals surface area (Å²) in [5, 5.41) is 10.6. The van der Waals surface area contributed by atoms with Crippen molar-refractivity contribution in [3.63, 3.8) is 0 Å². The molecule has 0 aliphatic carbocycles. The normalized spacial score (nSPS) is 15.6. The molecule has 0 saturated heterocycles. The van der Waals surface area contributed by atoms with E-state index < -0.39 is 12.0 Å². The minimum Gasteiger partial charge on any atom is -0.485 e. The van der Waals surface area contributed by atoms with E-state index in [1.165, 1.54) is 0 Å². The Morgan fingerprint density at radius 3 is 2.68 bits per heavy atom. The molecule has 0 bridgehead atoms. The molecule has 1 atom stereocenters. The average Bonchev–Trinajstić information content (AvgIpc) is 3.10. The number of aromatic nitrogens is 2.